The monoisotopic (exact) mass is 1010 g/mol. The molecule has 0 N–H and O–H groups in total. The zero-order valence-corrected chi connectivity index (χ0v) is 41.7. The molecular formula is C45H86O24. The molecule has 0 aromatic carbocycles. The van der Waals surface area contributed by atoms with E-state index < -0.39 is 0 Å². The van der Waals surface area contributed by atoms with Crippen LogP contribution in [0.25, 0.3) is 0 Å². The van der Waals surface area contributed by atoms with Crippen molar-refractivity contribution in [2.75, 3.05) is 251 Å². The van der Waals surface area contributed by atoms with Gasteiger partial charge < -0.3 is 99.5 Å². The van der Waals surface area contributed by atoms with Crippen LogP contribution in [-0.2, 0) is 114 Å². The van der Waals surface area contributed by atoms with Gasteiger partial charge in [-0.15, -0.1) is 0 Å². The Hall–Kier alpha value is -2.31. The Morgan fingerprint density at radius 3 is 0.536 bits per heavy atom. The standard InChI is InChI=1S/C45H86O24/c1-42(46)66-36-32-60-24-20-54-12-8-49-4-6-52-16-18-58-28-30-64-40-45(69-39-35-63-27-23-57-15-11-51-10-14-56-22-26-62-34-38-68-44(3)48)41-65-31-29-59-19-17-53-7-5-50-9-13-55-21-25-61-33-37-67-43(2)47/h45H,4-41H2,1-3H3. The third-order valence-corrected chi connectivity index (χ3v) is 8.00. The summed E-state index contributed by atoms with van der Waals surface area (Å²) in [5.74, 6) is -0.985. The zero-order valence-electron chi connectivity index (χ0n) is 41.7. The van der Waals surface area contributed by atoms with Crippen molar-refractivity contribution in [3.05, 3.63) is 0 Å². The first-order chi connectivity index (χ1) is 33.9. The normalized spacial score (nSPS) is 11.5. The Labute approximate surface area is 409 Å². The molecule has 0 saturated carbocycles. The molecule has 0 spiro atoms. The van der Waals surface area contributed by atoms with Crippen LogP contribution < -0.4 is 0 Å². The number of carbonyl (C=O) groups is 3. The fourth-order valence-corrected chi connectivity index (χ4v) is 4.76. The van der Waals surface area contributed by atoms with Crippen molar-refractivity contribution >= 4 is 17.9 Å². The molecule has 24 heteroatoms. The number of hydrogen-bond donors (Lipinski definition) is 0. The number of esters is 3. The number of rotatable bonds is 59. The highest BCUT2D eigenvalue weighted by molar-refractivity contribution is 5.66. The van der Waals surface area contributed by atoms with Crippen LogP contribution in [0.15, 0.2) is 0 Å². The van der Waals surface area contributed by atoms with Gasteiger partial charge in [0.05, 0.1) is 231 Å². The first-order valence-corrected chi connectivity index (χ1v) is 23.7. The SMILES string of the molecule is CC(=O)OCCOCCOCCOCCOCCOCCOCC(COCCOCCOCCOCCOCCOCCOC(C)=O)OCCOCCOCCOCCOCCOCCOC(C)=O. The minimum absolute atomic E-state index is 0.233. The maximum atomic E-state index is 10.7. The van der Waals surface area contributed by atoms with Gasteiger partial charge in [-0.2, -0.15) is 0 Å². The van der Waals surface area contributed by atoms with Gasteiger partial charge in [0.15, 0.2) is 0 Å². The second-order valence-corrected chi connectivity index (χ2v) is 13.8. The van der Waals surface area contributed by atoms with E-state index in [9.17, 15) is 14.4 Å². The third kappa shape index (κ3) is 61.8. The zero-order chi connectivity index (χ0) is 50.0. The van der Waals surface area contributed by atoms with Gasteiger partial charge in [0.25, 0.3) is 0 Å². The van der Waals surface area contributed by atoms with Gasteiger partial charge >= 0.3 is 17.9 Å². The van der Waals surface area contributed by atoms with E-state index in [1.54, 1.807) is 0 Å². The molecule has 0 bridgehead atoms. The van der Waals surface area contributed by atoms with Gasteiger partial charge in [-0.1, -0.05) is 0 Å². The number of hydrogen-bond acceptors (Lipinski definition) is 24. The highest BCUT2D eigenvalue weighted by Gasteiger charge is 2.11. The molecule has 0 fully saturated rings. The minimum Gasteiger partial charge on any atom is -0.463 e. The van der Waals surface area contributed by atoms with Crippen molar-refractivity contribution in [2.45, 2.75) is 26.9 Å². The molecular weight excluding hydrogens is 924 g/mol. The van der Waals surface area contributed by atoms with Crippen LogP contribution in [-0.4, -0.2) is 275 Å². The predicted octanol–water partition coefficient (Wildman–Crippen LogP) is 0.343. The Morgan fingerprint density at radius 1 is 0.217 bits per heavy atom. The quantitative estimate of drug-likeness (QED) is 0.0453. The van der Waals surface area contributed by atoms with Crippen LogP contribution in [0.2, 0.25) is 0 Å². The number of ether oxygens (including phenoxy) is 21. The summed E-state index contributed by atoms with van der Waals surface area (Å²) in [6.07, 6.45) is -0.326. The van der Waals surface area contributed by atoms with Crippen molar-refractivity contribution < 1.29 is 114 Å². The molecule has 0 atom stereocenters. The topological polar surface area (TPSA) is 245 Å². The maximum Gasteiger partial charge on any atom is 0.302 e. The fourth-order valence-electron chi connectivity index (χ4n) is 4.76. The van der Waals surface area contributed by atoms with E-state index in [1.165, 1.54) is 20.8 Å². The fraction of sp³-hybridized carbons (Fsp3) is 0.933. The summed E-state index contributed by atoms with van der Waals surface area (Å²) in [6, 6.07) is 0. The molecule has 0 amide bonds. The summed E-state index contributed by atoms with van der Waals surface area (Å²) in [6.45, 7) is 19.0. The van der Waals surface area contributed by atoms with Crippen molar-refractivity contribution in [1.29, 1.82) is 0 Å². The Bertz CT molecular complexity index is 1010. The molecule has 0 aromatic rings. The van der Waals surface area contributed by atoms with Gasteiger partial charge in [0.1, 0.15) is 25.9 Å². The highest BCUT2D eigenvalue weighted by atomic mass is 16.6. The molecule has 24 nitrogen and oxygen atoms in total. The molecule has 0 rings (SSSR count). The average molecular weight is 1010 g/mol. The molecule has 0 aliphatic heterocycles. The van der Waals surface area contributed by atoms with Crippen LogP contribution in [0.4, 0.5) is 0 Å². The summed E-state index contributed by atoms with van der Waals surface area (Å²) in [5.41, 5.74) is 0. The Balaban J connectivity index is 4.00. The lowest BCUT2D eigenvalue weighted by Crippen LogP contribution is -2.29. The van der Waals surface area contributed by atoms with Crippen LogP contribution in [0.5, 0.6) is 0 Å². The van der Waals surface area contributed by atoms with E-state index in [0.717, 1.165) is 0 Å². The molecule has 0 radical (unpaired) electrons. The second kappa shape index (κ2) is 58.3. The van der Waals surface area contributed by atoms with E-state index >= 15 is 0 Å². The summed E-state index contributed by atoms with van der Waals surface area (Å²) in [5, 5.41) is 0. The summed E-state index contributed by atoms with van der Waals surface area (Å²) < 4.78 is 114. The lowest BCUT2D eigenvalue weighted by molar-refractivity contribution is -0.143. The van der Waals surface area contributed by atoms with E-state index in [2.05, 4.69) is 0 Å². The minimum atomic E-state index is -0.329. The molecule has 410 valence electrons. The first-order valence-electron chi connectivity index (χ1n) is 23.7. The maximum absolute atomic E-state index is 10.7. The summed E-state index contributed by atoms with van der Waals surface area (Å²) >= 11 is 0. The summed E-state index contributed by atoms with van der Waals surface area (Å²) in [7, 11) is 0. The molecule has 0 saturated heterocycles. The molecule has 0 aromatic heterocycles. The second-order valence-electron chi connectivity index (χ2n) is 13.8. The van der Waals surface area contributed by atoms with Crippen LogP contribution in [0, 0.1) is 0 Å². The molecule has 0 aliphatic carbocycles. The first kappa shape index (κ1) is 66.7. The predicted molar refractivity (Wildman–Crippen MR) is 244 cm³/mol. The molecule has 0 unspecified atom stereocenters. The van der Waals surface area contributed by atoms with Crippen LogP contribution in [0.3, 0.4) is 0 Å². The lowest BCUT2D eigenvalue weighted by atomic mass is 10.4. The lowest BCUT2D eigenvalue weighted by Gasteiger charge is -2.18. The van der Waals surface area contributed by atoms with Gasteiger partial charge in [0, 0.05) is 20.8 Å². The smallest absolute Gasteiger partial charge is 0.302 e. The molecule has 69 heavy (non-hydrogen) atoms. The Kier molecular flexibility index (Phi) is 56.3. The molecule has 0 aliphatic rings. The van der Waals surface area contributed by atoms with Crippen molar-refractivity contribution in [3.63, 3.8) is 0 Å². The van der Waals surface area contributed by atoms with E-state index in [-0.39, 0.29) is 43.8 Å². The Morgan fingerprint density at radius 2 is 0.362 bits per heavy atom. The highest BCUT2D eigenvalue weighted by Crippen LogP contribution is 1.98. The van der Waals surface area contributed by atoms with Crippen molar-refractivity contribution in [1.82, 2.24) is 0 Å². The van der Waals surface area contributed by atoms with Gasteiger partial charge in [-0.25, -0.2) is 0 Å². The van der Waals surface area contributed by atoms with E-state index in [4.69, 9.17) is 99.5 Å². The largest absolute Gasteiger partial charge is 0.463 e. The van der Waals surface area contributed by atoms with E-state index in [1.807, 2.05) is 0 Å². The number of carbonyl (C=O) groups excluding carboxylic acids is 3. The van der Waals surface area contributed by atoms with Crippen LogP contribution in [0.1, 0.15) is 20.8 Å². The van der Waals surface area contributed by atoms with Crippen LogP contribution >= 0.6 is 0 Å². The van der Waals surface area contributed by atoms with Crippen molar-refractivity contribution in [3.8, 4) is 0 Å². The van der Waals surface area contributed by atoms with Crippen molar-refractivity contribution in [2.24, 2.45) is 0 Å². The van der Waals surface area contributed by atoms with Gasteiger partial charge in [-0.3, -0.25) is 14.4 Å². The van der Waals surface area contributed by atoms with E-state index in [0.29, 0.717) is 231 Å². The molecule has 0 heterocycles. The average Bonchev–Trinajstić information content (AvgIpc) is 3.32. The third-order valence-electron chi connectivity index (χ3n) is 8.00. The summed E-state index contributed by atoms with van der Waals surface area (Å²) in [4.78, 5) is 32.1. The van der Waals surface area contributed by atoms with Gasteiger partial charge in [0.2, 0.25) is 0 Å². The van der Waals surface area contributed by atoms with Gasteiger partial charge in [-0.05, 0) is 0 Å².